The van der Waals surface area contributed by atoms with E-state index in [0.717, 1.165) is 23.8 Å². The maximum absolute atomic E-state index is 13.4. The number of hydrogen-bond acceptors (Lipinski definition) is 5. The van der Waals surface area contributed by atoms with Crippen molar-refractivity contribution in [2.24, 2.45) is 17.8 Å². The highest BCUT2D eigenvalue weighted by Gasteiger charge is 2.76. The molecule has 4 aliphatic rings. The van der Waals surface area contributed by atoms with E-state index in [1.165, 1.54) is 12.1 Å². The molecule has 0 radical (unpaired) electrons. The Morgan fingerprint density at radius 1 is 1.23 bits per heavy atom. The second-order valence-corrected chi connectivity index (χ2v) is 9.37. The van der Waals surface area contributed by atoms with Crippen LogP contribution in [0.4, 0.5) is 18.9 Å². The number of amides is 2. The van der Waals surface area contributed by atoms with E-state index in [9.17, 15) is 22.8 Å². The summed E-state index contributed by atoms with van der Waals surface area (Å²) in [5, 5.41) is 9.01. The lowest BCUT2D eigenvalue weighted by molar-refractivity contribution is -0.138. The number of anilines is 1. The maximum atomic E-state index is 13.4. The van der Waals surface area contributed by atoms with E-state index in [1.54, 1.807) is 13.8 Å². The summed E-state index contributed by atoms with van der Waals surface area (Å²) >= 11 is 0. The van der Waals surface area contributed by atoms with Crippen molar-refractivity contribution in [2.75, 3.05) is 11.5 Å². The topological polar surface area (TPSA) is 79.6 Å². The fourth-order valence-electron chi connectivity index (χ4n) is 5.52. The Kier molecular flexibility index (Phi) is 4.16. The molecule has 164 valence electrons. The van der Waals surface area contributed by atoms with Gasteiger partial charge in [-0.1, -0.05) is 0 Å². The van der Waals surface area contributed by atoms with E-state index in [2.05, 4.69) is 0 Å². The average Bonchev–Trinajstić information content (AvgIpc) is 3.36. The van der Waals surface area contributed by atoms with Gasteiger partial charge < -0.3 is 9.47 Å². The number of ether oxygens (including phenoxy) is 2. The molecule has 1 aromatic carbocycles. The van der Waals surface area contributed by atoms with E-state index in [4.69, 9.17) is 14.7 Å². The zero-order valence-electron chi connectivity index (χ0n) is 17.0. The summed E-state index contributed by atoms with van der Waals surface area (Å²) in [4.78, 5) is 27.5. The van der Waals surface area contributed by atoms with Crippen molar-refractivity contribution < 1.29 is 32.2 Å². The first-order valence-corrected chi connectivity index (χ1v) is 10.3. The van der Waals surface area contributed by atoms with E-state index in [-0.39, 0.29) is 11.8 Å². The third-order valence-corrected chi connectivity index (χ3v) is 7.18. The van der Waals surface area contributed by atoms with Crippen LogP contribution in [-0.2, 0) is 25.2 Å². The molecule has 1 aliphatic carbocycles. The first-order chi connectivity index (χ1) is 14.5. The Labute approximate surface area is 176 Å². The molecule has 0 aromatic heterocycles. The van der Waals surface area contributed by atoms with Gasteiger partial charge in [-0.2, -0.15) is 18.4 Å². The largest absolute Gasteiger partial charge is 0.417 e. The van der Waals surface area contributed by atoms with Crippen LogP contribution in [0.3, 0.4) is 0 Å². The van der Waals surface area contributed by atoms with Crippen molar-refractivity contribution in [3.63, 3.8) is 0 Å². The van der Waals surface area contributed by atoms with E-state index in [1.807, 2.05) is 0 Å². The number of rotatable bonds is 4. The van der Waals surface area contributed by atoms with Gasteiger partial charge in [0.2, 0.25) is 11.8 Å². The average molecular weight is 434 g/mol. The van der Waals surface area contributed by atoms with Crippen LogP contribution < -0.4 is 4.90 Å². The molecule has 2 bridgehead atoms. The Bertz CT molecular complexity index is 1030. The molecule has 1 saturated carbocycles. The molecule has 3 heterocycles. The number of carbonyl (C=O) groups excluding carboxylic acids is 2. The van der Waals surface area contributed by atoms with E-state index < -0.39 is 52.2 Å². The standard InChI is InChI=1S/C22H21F3N2O4/c1-20-8-15(30-10-11-3-4-11)21(2,31-20)17-16(20)18(28)27(19(17)29)13-6-5-12(9-26)14(7-13)22(23,24)25/h5-7,11,15-17H,3-4,8,10H2,1-2H3/t15-,16-,17+,20-,21-/m1/s1. The number of imide groups is 1. The molecule has 2 amide bonds. The Hall–Kier alpha value is -2.44. The second kappa shape index (κ2) is 6.30. The third-order valence-electron chi connectivity index (χ3n) is 7.18. The van der Waals surface area contributed by atoms with Crippen molar-refractivity contribution >= 4 is 17.5 Å². The van der Waals surface area contributed by atoms with Gasteiger partial charge in [0.05, 0.1) is 46.4 Å². The highest BCUT2D eigenvalue weighted by atomic mass is 19.4. The quantitative estimate of drug-likeness (QED) is 0.679. The lowest BCUT2D eigenvalue weighted by Crippen LogP contribution is -2.50. The molecule has 31 heavy (non-hydrogen) atoms. The van der Waals surface area contributed by atoms with Crippen LogP contribution in [0.15, 0.2) is 18.2 Å². The number of nitriles is 1. The number of hydrogen-bond donors (Lipinski definition) is 0. The van der Waals surface area contributed by atoms with Crippen LogP contribution in [0, 0.1) is 29.1 Å². The molecule has 0 N–H and O–H groups in total. The minimum Gasteiger partial charge on any atom is -0.375 e. The predicted octanol–water partition coefficient (Wildman–Crippen LogP) is 3.43. The van der Waals surface area contributed by atoms with Gasteiger partial charge in [0, 0.05) is 13.0 Å². The number of benzene rings is 1. The monoisotopic (exact) mass is 434 g/mol. The van der Waals surface area contributed by atoms with Crippen molar-refractivity contribution in [3.05, 3.63) is 29.3 Å². The van der Waals surface area contributed by atoms with Gasteiger partial charge in [-0.15, -0.1) is 0 Å². The van der Waals surface area contributed by atoms with Crippen molar-refractivity contribution in [3.8, 4) is 6.07 Å². The molecule has 5 atom stereocenters. The van der Waals surface area contributed by atoms with Gasteiger partial charge in [0.1, 0.15) is 5.60 Å². The normalized spacial score (nSPS) is 36.8. The summed E-state index contributed by atoms with van der Waals surface area (Å²) < 4.78 is 52.5. The second-order valence-electron chi connectivity index (χ2n) is 9.37. The molecule has 6 nitrogen and oxygen atoms in total. The van der Waals surface area contributed by atoms with Crippen LogP contribution >= 0.6 is 0 Å². The minimum atomic E-state index is -4.79. The van der Waals surface area contributed by atoms with Gasteiger partial charge in [0.15, 0.2) is 0 Å². The summed E-state index contributed by atoms with van der Waals surface area (Å²) in [6.07, 6.45) is -2.48. The first kappa shape index (κ1) is 20.5. The highest BCUT2D eigenvalue weighted by Crippen LogP contribution is 2.62. The smallest absolute Gasteiger partial charge is 0.375 e. The molecule has 4 fully saturated rings. The minimum absolute atomic E-state index is 0.183. The molecule has 9 heteroatoms. The summed E-state index contributed by atoms with van der Waals surface area (Å²) in [5.74, 6) is -2.25. The van der Waals surface area contributed by atoms with Crippen LogP contribution in [0.2, 0.25) is 0 Å². The van der Waals surface area contributed by atoms with Gasteiger partial charge in [0.25, 0.3) is 0 Å². The molecule has 5 rings (SSSR count). The lowest BCUT2D eigenvalue weighted by atomic mass is 9.67. The summed E-state index contributed by atoms with van der Waals surface area (Å²) in [5.41, 5.74) is -3.86. The number of fused-ring (bicyclic) bond motifs is 5. The Morgan fingerprint density at radius 3 is 2.52 bits per heavy atom. The molecule has 0 unspecified atom stereocenters. The van der Waals surface area contributed by atoms with Gasteiger partial charge in [-0.05, 0) is 50.8 Å². The van der Waals surface area contributed by atoms with Crippen LogP contribution in [0.1, 0.15) is 44.2 Å². The number of halogens is 3. The van der Waals surface area contributed by atoms with Gasteiger partial charge >= 0.3 is 6.18 Å². The maximum Gasteiger partial charge on any atom is 0.417 e. The first-order valence-electron chi connectivity index (χ1n) is 10.3. The molecular formula is C22H21F3N2O4. The van der Waals surface area contributed by atoms with E-state index >= 15 is 0 Å². The predicted molar refractivity (Wildman–Crippen MR) is 101 cm³/mol. The van der Waals surface area contributed by atoms with Crippen molar-refractivity contribution in [2.45, 2.75) is 56.6 Å². The SMILES string of the molecule is C[C@@]12O[C@](C)(C[C@H]1OCC1CC1)[C@H]1C(=O)N(c3ccc(C#N)c(C(F)(F)F)c3)C(=O)[C@H]12. The summed E-state index contributed by atoms with van der Waals surface area (Å²) in [6, 6.07) is 4.40. The fraction of sp³-hybridized carbons (Fsp3) is 0.591. The van der Waals surface area contributed by atoms with E-state index in [0.29, 0.717) is 25.0 Å². The van der Waals surface area contributed by atoms with Crippen LogP contribution in [-0.4, -0.2) is 35.7 Å². The lowest BCUT2D eigenvalue weighted by Gasteiger charge is -2.35. The molecule has 3 aliphatic heterocycles. The van der Waals surface area contributed by atoms with Crippen molar-refractivity contribution in [1.82, 2.24) is 0 Å². The Morgan fingerprint density at radius 2 is 1.90 bits per heavy atom. The van der Waals surface area contributed by atoms with Gasteiger partial charge in [-0.3, -0.25) is 9.59 Å². The molecule has 0 spiro atoms. The summed E-state index contributed by atoms with van der Waals surface area (Å²) in [6.45, 7) is 4.10. The third kappa shape index (κ3) is 2.84. The number of alkyl halides is 3. The Balaban J connectivity index is 1.50. The zero-order chi connectivity index (χ0) is 22.3. The fourth-order valence-corrected chi connectivity index (χ4v) is 5.52. The van der Waals surface area contributed by atoms with Crippen LogP contribution in [0.5, 0.6) is 0 Å². The van der Waals surface area contributed by atoms with Crippen LogP contribution in [0.25, 0.3) is 0 Å². The van der Waals surface area contributed by atoms with Gasteiger partial charge in [-0.25, -0.2) is 4.90 Å². The zero-order valence-corrected chi connectivity index (χ0v) is 17.0. The number of carbonyl (C=O) groups is 2. The van der Waals surface area contributed by atoms with Crippen molar-refractivity contribution in [1.29, 1.82) is 5.26 Å². The highest BCUT2D eigenvalue weighted by molar-refractivity contribution is 6.23. The number of nitrogens with zero attached hydrogens (tertiary/aromatic N) is 2. The summed E-state index contributed by atoms with van der Waals surface area (Å²) in [7, 11) is 0. The molecule has 1 aromatic rings. The molecule has 3 saturated heterocycles. The molecular weight excluding hydrogens is 413 g/mol.